The first-order chi connectivity index (χ1) is 8.40. The molecule has 1 saturated carbocycles. The predicted octanol–water partition coefficient (Wildman–Crippen LogP) is 0.373. The van der Waals surface area contributed by atoms with Gasteiger partial charge in [0.15, 0.2) is 5.60 Å². The van der Waals surface area contributed by atoms with Gasteiger partial charge < -0.3 is 15.2 Å². The third-order valence-corrected chi connectivity index (χ3v) is 3.91. The molecule has 0 saturated heterocycles. The molecule has 18 heavy (non-hydrogen) atoms. The summed E-state index contributed by atoms with van der Waals surface area (Å²) in [6.07, 6.45) is 4.48. The molecule has 0 amide bonds. The Kier molecular flexibility index (Phi) is 5.56. The second-order valence-electron chi connectivity index (χ2n) is 5.47. The highest BCUT2D eigenvalue weighted by Crippen LogP contribution is 2.23. The smallest absolute Gasteiger partial charge is 0.338 e. The van der Waals surface area contributed by atoms with Crippen molar-refractivity contribution in [1.82, 2.24) is 10.2 Å². The maximum absolute atomic E-state index is 11.4. The molecule has 5 heteroatoms. The standard InChI is InChI=1S/C13H26N2O3/c1-13(17,12(16)18-4)9-15(3)11-7-5-10(14-2)6-8-11/h10-11,14,17H,5-9H2,1-4H3. The monoisotopic (exact) mass is 258 g/mol. The van der Waals surface area contributed by atoms with Crippen LogP contribution in [0.4, 0.5) is 0 Å². The van der Waals surface area contributed by atoms with E-state index in [2.05, 4.69) is 15.0 Å². The van der Waals surface area contributed by atoms with Gasteiger partial charge in [0.25, 0.3) is 0 Å². The summed E-state index contributed by atoms with van der Waals surface area (Å²) in [6.45, 7) is 1.82. The summed E-state index contributed by atoms with van der Waals surface area (Å²) in [5, 5.41) is 13.4. The van der Waals surface area contributed by atoms with E-state index in [-0.39, 0.29) is 0 Å². The van der Waals surface area contributed by atoms with Crippen molar-refractivity contribution < 1.29 is 14.6 Å². The third kappa shape index (κ3) is 3.93. The fraction of sp³-hybridized carbons (Fsp3) is 0.923. The van der Waals surface area contributed by atoms with Crippen molar-refractivity contribution in [2.75, 3.05) is 27.7 Å². The number of rotatable bonds is 5. The average Bonchev–Trinajstić information content (AvgIpc) is 2.37. The fourth-order valence-electron chi connectivity index (χ4n) is 2.70. The molecule has 0 bridgehead atoms. The number of methoxy groups -OCH3 is 1. The van der Waals surface area contributed by atoms with Crippen molar-refractivity contribution in [2.24, 2.45) is 0 Å². The van der Waals surface area contributed by atoms with Gasteiger partial charge in [0.05, 0.1) is 7.11 Å². The van der Waals surface area contributed by atoms with Crippen LogP contribution in [0.5, 0.6) is 0 Å². The maximum atomic E-state index is 11.4. The number of nitrogens with one attached hydrogen (secondary N) is 1. The van der Waals surface area contributed by atoms with Crippen molar-refractivity contribution in [3.63, 3.8) is 0 Å². The molecule has 1 rings (SSSR count). The summed E-state index contributed by atoms with van der Waals surface area (Å²) >= 11 is 0. The molecule has 1 fully saturated rings. The lowest BCUT2D eigenvalue weighted by atomic mass is 9.90. The quantitative estimate of drug-likeness (QED) is 0.698. The Morgan fingerprint density at radius 2 is 2.00 bits per heavy atom. The highest BCUT2D eigenvalue weighted by atomic mass is 16.5. The molecule has 5 nitrogen and oxygen atoms in total. The number of hydrogen-bond acceptors (Lipinski definition) is 5. The number of esters is 1. The SMILES string of the molecule is CNC1CCC(N(C)CC(C)(O)C(=O)OC)CC1. The minimum absolute atomic E-state index is 0.314. The fourth-order valence-corrected chi connectivity index (χ4v) is 2.70. The first-order valence-electron chi connectivity index (χ1n) is 6.59. The van der Waals surface area contributed by atoms with E-state index in [4.69, 9.17) is 0 Å². The third-order valence-electron chi connectivity index (χ3n) is 3.91. The van der Waals surface area contributed by atoms with E-state index in [1.807, 2.05) is 14.1 Å². The molecule has 2 N–H and O–H groups in total. The van der Waals surface area contributed by atoms with Crippen LogP contribution in [0.15, 0.2) is 0 Å². The summed E-state index contributed by atoms with van der Waals surface area (Å²) in [5.74, 6) is -0.571. The molecular formula is C13H26N2O3. The van der Waals surface area contributed by atoms with Crippen molar-refractivity contribution in [2.45, 2.75) is 50.3 Å². The molecule has 0 aromatic heterocycles. The van der Waals surface area contributed by atoms with Gasteiger partial charge in [-0.2, -0.15) is 0 Å². The Hall–Kier alpha value is -0.650. The Morgan fingerprint density at radius 1 is 1.44 bits per heavy atom. The van der Waals surface area contributed by atoms with E-state index in [9.17, 15) is 9.90 Å². The number of aliphatic hydroxyl groups is 1. The van der Waals surface area contributed by atoms with Crippen LogP contribution in [0.3, 0.4) is 0 Å². The lowest BCUT2D eigenvalue weighted by Crippen LogP contribution is -2.50. The van der Waals surface area contributed by atoms with Crippen molar-refractivity contribution in [1.29, 1.82) is 0 Å². The van der Waals surface area contributed by atoms with E-state index >= 15 is 0 Å². The summed E-state index contributed by atoms with van der Waals surface area (Å²) in [5.41, 5.74) is -1.43. The van der Waals surface area contributed by atoms with Crippen LogP contribution >= 0.6 is 0 Å². The van der Waals surface area contributed by atoms with Gasteiger partial charge in [-0.15, -0.1) is 0 Å². The lowest BCUT2D eigenvalue weighted by molar-refractivity contribution is -0.162. The van der Waals surface area contributed by atoms with Crippen LogP contribution in [-0.4, -0.2) is 61.4 Å². The normalized spacial score (nSPS) is 27.9. The number of carbonyl (C=O) groups excluding carboxylic acids is 1. The minimum Gasteiger partial charge on any atom is -0.467 e. The molecule has 0 aromatic carbocycles. The molecular weight excluding hydrogens is 232 g/mol. The van der Waals surface area contributed by atoms with Crippen molar-refractivity contribution in [3.05, 3.63) is 0 Å². The Labute approximate surface area is 109 Å². The topological polar surface area (TPSA) is 61.8 Å². The first kappa shape index (κ1) is 15.4. The van der Waals surface area contributed by atoms with Gasteiger partial charge in [-0.05, 0) is 46.7 Å². The number of nitrogens with zero attached hydrogens (tertiary/aromatic N) is 1. The van der Waals surface area contributed by atoms with Gasteiger partial charge in [0.1, 0.15) is 0 Å². The van der Waals surface area contributed by atoms with Gasteiger partial charge in [0.2, 0.25) is 0 Å². The van der Waals surface area contributed by atoms with E-state index in [1.54, 1.807) is 0 Å². The van der Waals surface area contributed by atoms with Crippen LogP contribution in [0.2, 0.25) is 0 Å². The Bertz CT molecular complexity index is 273. The second-order valence-corrected chi connectivity index (χ2v) is 5.47. The van der Waals surface area contributed by atoms with Gasteiger partial charge in [0, 0.05) is 18.6 Å². The first-order valence-corrected chi connectivity index (χ1v) is 6.59. The average molecular weight is 258 g/mol. The van der Waals surface area contributed by atoms with Gasteiger partial charge in [-0.25, -0.2) is 4.79 Å². The largest absolute Gasteiger partial charge is 0.467 e. The van der Waals surface area contributed by atoms with Crippen molar-refractivity contribution >= 4 is 5.97 Å². The maximum Gasteiger partial charge on any atom is 0.338 e. The number of hydrogen-bond donors (Lipinski definition) is 2. The predicted molar refractivity (Wildman–Crippen MR) is 70.4 cm³/mol. The van der Waals surface area contributed by atoms with Crippen LogP contribution in [-0.2, 0) is 9.53 Å². The molecule has 106 valence electrons. The summed E-state index contributed by atoms with van der Waals surface area (Å²) in [6, 6.07) is 1.04. The van der Waals surface area contributed by atoms with Gasteiger partial charge in [-0.1, -0.05) is 0 Å². The second kappa shape index (κ2) is 6.50. The highest BCUT2D eigenvalue weighted by Gasteiger charge is 2.35. The van der Waals surface area contributed by atoms with E-state index in [0.29, 0.717) is 18.6 Å². The molecule has 1 aliphatic rings. The van der Waals surface area contributed by atoms with Gasteiger partial charge >= 0.3 is 5.97 Å². The molecule has 0 spiro atoms. The number of carbonyl (C=O) groups is 1. The molecule has 1 aliphatic carbocycles. The van der Waals surface area contributed by atoms with Crippen LogP contribution in [0.1, 0.15) is 32.6 Å². The van der Waals surface area contributed by atoms with E-state index in [0.717, 1.165) is 25.7 Å². The molecule has 0 aliphatic heterocycles. The molecule has 1 unspecified atom stereocenters. The highest BCUT2D eigenvalue weighted by molar-refractivity contribution is 5.78. The molecule has 0 radical (unpaired) electrons. The molecule has 0 heterocycles. The van der Waals surface area contributed by atoms with E-state index in [1.165, 1.54) is 14.0 Å². The lowest BCUT2D eigenvalue weighted by Gasteiger charge is -2.37. The Balaban J connectivity index is 2.46. The zero-order valence-electron chi connectivity index (χ0n) is 11.9. The van der Waals surface area contributed by atoms with Crippen LogP contribution in [0.25, 0.3) is 0 Å². The zero-order valence-corrected chi connectivity index (χ0v) is 11.9. The summed E-state index contributed by atoms with van der Waals surface area (Å²) in [7, 11) is 5.26. The van der Waals surface area contributed by atoms with Crippen molar-refractivity contribution in [3.8, 4) is 0 Å². The number of likely N-dealkylation sites (N-methyl/N-ethyl adjacent to an activating group) is 1. The van der Waals surface area contributed by atoms with E-state index < -0.39 is 11.6 Å². The van der Waals surface area contributed by atoms with Crippen LogP contribution < -0.4 is 5.32 Å². The zero-order chi connectivity index (χ0) is 13.8. The Morgan fingerprint density at radius 3 is 2.44 bits per heavy atom. The summed E-state index contributed by atoms with van der Waals surface area (Å²) < 4.78 is 4.61. The minimum atomic E-state index is -1.43. The van der Waals surface area contributed by atoms with Gasteiger partial charge in [-0.3, -0.25) is 4.90 Å². The summed E-state index contributed by atoms with van der Waals surface area (Å²) in [4.78, 5) is 13.5. The molecule has 1 atom stereocenters. The number of ether oxygens (including phenoxy) is 1. The van der Waals surface area contributed by atoms with Crippen LogP contribution in [0, 0.1) is 0 Å². The molecule has 0 aromatic rings.